The maximum Gasteiger partial charge on any atom is 0.264 e. The van der Waals surface area contributed by atoms with E-state index >= 15 is 0 Å². The first-order chi connectivity index (χ1) is 16.9. The number of rotatable bonds is 6. The van der Waals surface area contributed by atoms with Crippen molar-refractivity contribution in [2.45, 2.75) is 40.0 Å². The molecule has 2 aromatic rings. The smallest absolute Gasteiger partial charge is 0.264 e. The average Bonchev–Trinajstić information content (AvgIpc) is 2.80. The van der Waals surface area contributed by atoms with Crippen LogP contribution in [0.2, 0.25) is 5.02 Å². The van der Waals surface area contributed by atoms with E-state index in [4.69, 9.17) is 11.6 Å². The Balaban J connectivity index is 1.43. The van der Waals surface area contributed by atoms with Gasteiger partial charge in [0.2, 0.25) is 10.0 Å². The molecule has 0 saturated carbocycles. The number of nitrogens with zero attached hydrogens (tertiary/aromatic N) is 2. The molecule has 194 valence electrons. The van der Waals surface area contributed by atoms with Crippen LogP contribution in [0.25, 0.3) is 5.57 Å². The summed E-state index contributed by atoms with van der Waals surface area (Å²) < 4.78 is 24.9. The van der Waals surface area contributed by atoms with Crippen LogP contribution in [0, 0.1) is 12.3 Å². The molecule has 1 amide bonds. The van der Waals surface area contributed by atoms with Gasteiger partial charge in [0.25, 0.3) is 5.91 Å². The molecule has 8 heteroatoms. The topological polar surface area (TPSA) is 69.7 Å². The Bertz CT molecular complexity index is 1260. The lowest BCUT2D eigenvalue weighted by molar-refractivity contribution is 0.0981. The summed E-state index contributed by atoms with van der Waals surface area (Å²) in [5, 5.41) is 0.770. The first kappa shape index (κ1) is 26.7. The van der Waals surface area contributed by atoms with E-state index in [-0.39, 0.29) is 0 Å². The van der Waals surface area contributed by atoms with Crippen molar-refractivity contribution in [3.63, 3.8) is 0 Å². The Morgan fingerprint density at radius 1 is 1.06 bits per heavy atom. The van der Waals surface area contributed by atoms with Crippen molar-refractivity contribution in [2.24, 2.45) is 5.41 Å². The van der Waals surface area contributed by atoms with Gasteiger partial charge in [-0.1, -0.05) is 43.2 Å². The third kappa shape index (κ3) is 6.69. The number of anilines is 1. The Morgan fingerprint density at radius 2 is 1.72 bits per heavy atom. The van der Waals surface area contributed by atoms with Gasteiger partial charge >= 0.3 is 0 Å². The van der Waals surface area contributed by atoms with E-state index in [1.165, 1.54) is 17.6 Å². The Kier molecular flexibility index (Phi) is 7.83. The highest BCUT2D eigenvalue weighted by Crippen LogP contribution is 2.43. The van der Waals surface area contributed by atoms with Crippen LogP contribution in [0.3, 0.4) is 0 Å². The van der Waals surface area contributed by atoms with E-state index in [0.29, 0.717) is 11.0 Å². The highest BCUT2D eigenvalue weighted by Gasteiger charge is 2.29. The van der Waals surface area contributed by atoms with Gasteiger partial charge in [-0.15, -0.1) is 0 Å². The second-order valence-electron chi connectivity index (χ2n) is 10.9. The highest BCUT2D eigenvalue weighted by atomic mass is 35.5. The van der Waals surface area contributed by atoms with Gasteiger partial charge in [0.05, 0.1) is 6.26 Å². The lowest BCUT2D eigenvalue weighted by atomic mass is 9.72. The quantitative estimate of drug-likeness (QED) is 0.562. The summed E-state index contributed by atoms with van der Waals surface area (Å²) in [6.07, 6.45) is 4.40. The largest absolute Gasteiger partial charge is 0.369 e. The second-order valence-corrected chi connectivity index (χ2v) is 13.1. The van der Waals surface area contributed by atoms with Crippen LogP contribution >= 0.6 is 11.6 Å². The lowest BCUT2D eigenvalue weighted by Gasteiger charge is -2.39. The first-order valence-electron chi connectivity index (χ1n) is 12.5. The minimum atomic E-state index is -3.59. The van der Waals surface area contributed by atoms with Gasteiger partial charge in [0.1, 0.15) is 0 Å². The van der Waals surface area contributed by atoms with Gasteiger partial charge in [-0.2, -0.15) is 0 Å². The molecule has 2 aliphatic rings. The number of amides is 1. The summed E-state index contributed by atoms with van der Waals surface area (Å²) in [6.45, 7) is 11.3. The molecule has 4 rings (SSSR count). The molecular formula is C28H36ClN3O3S. The van der Waals surface area contributed by atoms with Gasteiger partial charge in [-0.3, -0.25) is 9.69 Å². The summed E-state index contributed by atoms with van der Waals surface area (Å²) >= 11 is 6.15. The predicted octanol–water partition coefficient (Wildman–Crippen LogP) is 5.12. The molecule has 1 fully saturated rings. The van der Waals surface area contributed by atoms with E-state index in [1.807, 2.05) is 35.9 Å². The minimum absolute atomic E-state index is 0.305. The summed E-state index contributed by atoms with van der Waals surface area (Å²) in [5.41, 5.74) is 6.81. The van der Waals surface area contributed by atoms with Crippen molar-refractivity contribution in [3.05, 3.63) is 69.8 Å². The number of piperazine rings is 1. The number of hydrogen-bond acceptors (Lipinski definition) is 5. The molecule has 1 N–H and O–H groups in total. The van der Waals surface area contributed by atoms with Crippen LogP contribution in [0.5, 0.6) is 0 Å². The Labute approximate surface area is 220 Å². The number of allylic oxidation sites excluding steroid dienone is 1. The van der Waals surface area contributed by atoms with E-state index in [0.717, 1.165) is 68.1 Å². The molecule has 0 spiro atoms. The number of sulfonamides is 1. The third-order valence-electron chi connectivity index (χ3n) is 7.26. The normalized spacial score (nSPS) is 18.9. The Morgan fingerprint density at radius 3 is 2.33 bits per heavy atom. The van der Waals surface area contributed by atoms with Crippen molar-refractivity contribution in [2.75, 3.05) is 43.9 Å². The van der Waals surface area contributed by atoms with E-state index in [1.54, 1.807) is 11.6 Å². The standard InChI is InChI=1S/C28H36ClN3O3S/c1-20-17-24(9-10-25(20)27(33)30-36(4,34)35)32-15-13-31(14-16-32)19-22-11-12-28(2,3)18-26(22)21-5-7-23(29)8-6-21/h5-10,17H,11-16,18-19H2,1-4H3,(H,30,33). The third-order valence-corrected chi connectivity index (χ3v) is 8.07. The van der Waals surface area contributed by atoms with E-state index in [2.05, 4.69) is 35.8 Å². The van der Waals surface area contributed by atoms with E-state index in [9.17, 15) is 13.2 Å². The Hall–Kier alpha value is -2.35. The van der Waals surface area contributed by atoms with Crippen molar-refractivity contribution in [1.82, 2.24) is 9.62 Å². The molecule has 1 aliphatic heterocycles. The van der Waals surface area contributed by atoms with Crippen molar-refractivity contribution in [3.8, 4) is 0 Å². The van der Waals surface area contributed by atoms with Crippen molar-refractivity contribution in [1.29, 1.82) is 0 Å². The predicted molar refractivity (Wildman–Crippen MR) is 148 cm³/mol. The fourth-order valence-corrected chi connectivity index (χ4v) is 5.79. The molecule has 0 bridgehead atoms. The van der Waals surface area contributed by atoms with Gasteiger partial charge < -0.3 is 4.90 Å². The van der Waals surface area contributed by atoms with Gasteiger partial charge in [0, 0.05) is 49.0 Å². The van der Waals surface area contributed by atoms with Gasteiger partial charge in [0.15, 0.2) is 0 Å². The molecule has 36 heavy (non-hydrogen) atoms. The maximum absolute atomic E-state index is 12.3. The van der Waals surface area contributed by atoms with Crippen molar-refractivity contribution < 1.29 is 13.2 Å². The zero-order valence-corrected chi connectivity index (χ0v) is 23.2. The summed E-state index contributed by atoms with van der Waals surface area (Å²) in [7, 11) is -3.59. The van der Waals surface area contributed by atoms with Crippen LogP contribution in [0.4, 0.5) is 5.69 Å². The molecular weight excluding hydrogens is 494 g/mol. The summed E-state index contributed by atoms with van der Waals surface area (Å²) in [4.78, 5) is 17.1. The number of nitrogens with one attached hydrogen (secondary N) is 1. The van der Waals surface area contributed by atoms with E-state index < -0.39 is 15.9 Å². The first-order valence-corrected chi connectivity index (χ1v) is 14.7. The number of carbonyl (C=O) groups is 1. The molecule has 1 aliphatic carbocycles. The number of hydrogen-bond donors (Lipinski definition) is 1. The lowest BCUT2D eigenvalue weighted by Crippen LogP contribution is -2.47. The monoisotopic (exact) mass is 529 g/mol. The fraction of sp³-hybridized carbons (Fsp3) is 0.464. The number of aryl methyl sites for hydroxylation is 1. The van der Waals surface area contributed by atoms with Crippen LogP contribution in [-0.4, -0.2) is 58.2 Å². The summed E-state index contributed by atoms with van der Waals surface area (Å²) in [6, 6.07) is 13.9. The van der Waals surface area contributed by atoms with Gasteiger partial charge in [-0.05, 0) is 78.6 Å². The SMILES string of the molecule is Cc1cc(N2CCN(CC3=C(c4ccc(Cl)cc4)CC(C)(C)CC3)CC2)ccc1C(=O)NS(C)(=O)=O. The highest BCUT2D eigenvalue weighted by molar-refractivity contribution is 7.89. The number of benzene rings is 2. The summed E-state index contributed by atoms with van der Waals surface area (Å²) in [5.74, 6) is -0.591. The number of carbonyl (C=O) groups excluding carboxylic acids is 1. The van der Waals surface area contributed by atoms with Crippen LogP contribution in [-0.2, 0) is 10.0 Å². The minimum Gasteiger partial charge on any atom is -0.369 e. The van der Waals surface area contributed by atoms with Crippen LogP contribution in [0.15, 0.2) is 48.0 Å². The van der Waals surface area contributed by atoms with Crippen LogP contribution < -0.4 is 9.62 Å². The average molecular weight is 530 g/mol. The molecule has 0 unspecified atom stereocenters. The second kappa shape index (κ2) is 10.6. The fourth-order valence-electron chi connectivity index (χ4n) is 5.22. The molecule has 6 nitrogen and oxygen atoms in total. The molecule has 1 saturated heterocycles. The van der Waals surface area contributed by atoms with Crippen LogP contribution in [0.1, 0.15) is 54.6 Å². The molecule has 0 atom stereocenters. The van der Waals surface area contributed by atoms with Gasteiger partial charge in [-0.25, -0.2) is 13.1 Å². The zero-order chi connectivity index (χ0) is 26.1. The molecule has 0 radical (unpaired) electrons. The zero-order valence-electron chi connectivity index (χ0n) is 21.6. The number of halogens is 1. The molecule has 0 aromatic heterocycles. The molecule has 1 heterocycles. The molecule has 2 aromatic carbocycles. The van der Waals surface area contributed by atoms with Crippen molar-refractivity contribution >= 4 is 38.8 Å². The maximum atomic E-state index is 12.3.